The molecule has 0 aromatic heterocycles. The number of halogens is 1. The van der Waals surface area contributed by atoms with Crippen molar-refractivity contribution in [2.75, 3.05) is 0 Å². The van der Waals surface area contributed by atoms with Crippen LogP contribution in [0.1, 0.15) is 37.7 Å². The van der Waals surface area contributed by atoms with Crippen molar-refractivity contribution in [3.05, 3.63) is 28.2 Å². The molecule has 0 bridgehead atoms. The van der Waals surface area contributed by atoms with Crippen LogP contribution in [0.3, 0.4) is 0 Å². The van der Waals surface area contributed by atoms with Crippen molar-refractivity contribution in [2.24, 2.45) is 5.92 Å². The van der Waals surface area contributed by atoms with Crippen LogP contribution in [0.25, 0.3) is 0 Å². The molecule has 1 aliphatic carbocycles. The Kier molecular flexibility index (Phi) is 3.33. The second-order valence-electron chi connectivity index (χ2n) is 4.46. The van der Waals surface area contributed by atoms with Gasteiger partial charge >= 0.3 is 0 Å². The number of carbonyl (C=O) groups is 1. The first-order valence-corrected chi connectivity index (χ1v) is 6.40. The first-order chi connectivity index (χ1) is 7.59. The lowest BCUT2D eigenvalue weighted by Crippen LogP contribution is -2.24. The van der Waals surface area contributed by atoms with E-state index in [0.717, 1.165) is 24.8 Å². The normalized spacial score (nSPS) is 25.8. The third kappa shape index (κ3) is 2.14. The third-order valence-corrected chi connectivity index (χ3v) is 4.08. The quantitative estimate of drug-likeness (QED) is 0.854. The Balaban J connectivity index is 2.29. The molecule has 1 saturated carbocycles. The van der Waals surface area contributed by atoms with Gasteiger partial charge in [0.05, 0.1) is 4.47 Å². The molecule has 0 spiro atoms. The predicted octanol–water partition coefficient (Wildman–Crippen LogP) is 3.63. The Labute approximate surface area is 104 Å². The molecule has 1 aromatic carbocycles. The number of phenols is 1. The van der Waals surface area contributed by atoms with Gasteiger partial charge in [0, 0.05) is 12.3 Å². The lowest BCUT2D eigenvalue weighted by atomic mass is 9.76. The third-order valence-electron chi connectivity index (χ3n) is 3.45. The fourth-order valence-electron chi connectivity index (χ4n) is 2.41. The van der Waals surface area contributed by atoms with Gasteiger partial charge < -0.3 is 5.11 Å². The highest BCUT2D eigenvalue weighted by atomic mass is 79.9. The molecule has 16 heavy (non-hydrogen) atoms. The van der Waals surface area contributed by atoms with Gasteiger partial charge in [-0.2, -0.15) is 0 Å². The molecule has 3 heteroatoms. The van der Waals surface area contributed by atoms with E-state index in [4.69, 9.17) is 0 Å². The van der Waals surface area contributed by atoms with Gasteiger partial charge in [-0.3, -0.25) is 4.79 Å². The summed E-state index contributed by atoms with van der Waals surface area (Å²) >= 11 is 3.31. The number of ketones is 1. The van der Waals surface area contributed by atoms with E-state index in [1.165, 1.54) is 0 Å². The molecule has 2 rings (SSSR count). The van der Waals surface area contributed by atoms with Crippen LogP contribution in [0, 0.1) is 5.92 Å². The number of phenolic OH excluding ortho intramolecular Hbond substituents is 1. The molecule has 0 aliphatic heterocycles. The summed E-state index contributed by atoms with van der Waals surface area (Å²) in [5, 5.41) is 9.45. The number of aromatic hydroxyl groups is 1. The Morgan fingerprint density at radius 1 is 1.44 bits per heavy atom. The average Bonchev–Trinajstić information content (AvgIpc) is 2.26. The van der Waals surface area contributed by atoms with Crippen molar-refractivity contribution in [1.82, 2.24) is 0 Å². The summed E-state index contributed by atoms with van der Waals surface area (Å²) in [6.45, 7) is 2.01. The van der Waals surface area contributed by atoms with Gasteiger partial charge in [-0.05, 0) is 52.4 Å². The Morgan fingerprint density at radius 3 is 2.88 bits per heavy atom. The van der Waals surface area contributed by atoms with Crippen molar-refractivity contribution in [3.63, 3.8) is 0 Å². The maximum absolute atomic E-state index is 11.7. The van der Waals surface area contributed by atoms with Gasteiger partial charge in [-0.25, -0.2) is 0 Å². The van der Waals surface area contributed by atoms with Crippen LogP contribution in [0.4, 0.5) is 0 Å². The van der Waals surface area contributed by atoms with E-state index >= 15 is 0 Å². The Morgan fingerprint density at radius 2 is 2.19 bits per heavy atom. The monoisotopic (exact) mass is 282 g/mol. The second-order valence-corrected chi connectivity index (χ2v) is 5.32. The van der Waals surface area contributed by atoms with Crippen molar-refractivity contribution in [1.29, 1.82) is 0 Å². The van der Waals surface area contributed by atoms with E-state index in [1.807, 2.05) is 19.1 Å². The summed E-state index contributed by atoms with van der Waals surface area (Å²) in [6.07, 6.45) is 2.76. The largest absolute Gasteiger partial charge is 0.507 e. The van der Waals surface area contributed by atoms with Crippen molar-refractivity contribution < 1.29 is 9.90 Å². The van der Waals surface area contributed by atoms with Gasteiger partial charge in [0.15, 0.2) is 0 Å². The molecular formula is C13H15BrO2. The van der Waals surface area contributed by atoms with Crippen LogP contribution in [-0.2, 0) is 4.79 Å². The van der Waals surface area contributed by atoms with E-state index in [-0.39, 0.29) is 11.7 Å². The van der Waals surface area contributed by atoms with Gasteiger partial charge in [0.25, 0.3) is 0 Å². The number of carbonyl (C=O) groups excluding carboxylic acids is 1. The molecule has 2 atom stereocenters. The van der Waals surface area contributed by atoms with Crippen LogP contribution < -0.4 is 0 Å². The van der Waals surface area contributed by atoms with Crippen molar-refractivity contribution in [3.8, 4) is 5.75 Å². The highest BCUT2D eigenvalue weighted by Crippen LogP contribution is 2.37. The summed E-state index contributed by atoms with van der Waals surface area (Å²) < 4.78 is 0.704. The molecule has 1 aliphatic rings. The molecule has 1 N–H and O–H groups in total. The molecule has 1 aromatic rings. The molecule has 0 amide bonds. The van der Waals surface area contributed by atoms with Crippen LogP contribution >= 0.6 is 15.9 Å². The van der Waals surface area contributed by atoms with Gasteiger partial charge in [-0.15, -0.1) is 0 Å². The van der Waals surface area contributed by atoms with Gasteiger partial charge in [-0.1, -0.05) is 13.0 Å². The highest BCUT2D eigenvalue weighted by Gasteiger charge is 2.29. The maximum Gasteiger partial charge on any atom is 0.136 e. The first kappa shape index (κ1) is 11.6. The molecule has 0 radical (unpaired) electrons. The molecule has 1 fully saturated rings. The SMILES string of the molecule is C[C@H]1C(=O)CCC[C@@H]1c1ccc(O)c(Br)c1. The molecule has 0 heterocycles. The summed E-state index contributed by atoms with van der Waals surface area (Å²) in [4.78, 5) is 11.7. The fourth-order valence-corrected chi connectivity index (χ4v) is 2.80. The van der Waals surface area contributed by atoms with E-state index in [2.05, 4.69) is 15.9 Å². The number of hydrogen-bond donors (Lipinski definition) is 1. The topological polar surface area (TPSA) is 37.3 Å². The van der Waals surface area contributed by atoms with E-state index in [9.17, 15) is 9.90 Å². The summed E-state index contributed by atoms with van der Waals surface area (Å²) in [7, 11) is 0. The maximum atomic E-state index is 11.7. The highest BCUT2D eigenvalue weighted by molar-refractivity contribution is 9.10. The molecule has 86 valence electrons. The minimum Gasteiger partial charge on any atom is -0.507 e. The van der Waals surface area contributed by atoms with E-state index in [1.54, 1.807) is 6.07 Å². The van der Waals surface area contributed by atoms with Crippen LogP contribution in [-0.4, -0.2) is 10.9 Å². The van der Waals surface area contributed by atoms with Gasteiger partial charge in [0.2, 0.25) is 0 Å². The molecule has 0 unspecified atom stereocenters. The van der Waals surface area contributed by atoms with Crippen LogP contribution in [0.15, 0.2) is 22.7 Å². The summed E-state index contributed by atoms with van der Waals surface area (Å²) in [6, 6.07) is 5.53. The predicted molar refractivity (Wildman–Crippen MR) is 66.6 cm³/mol. The zero-order valence-corrected chi connectivity index (χ0v) is 10.8. The fraction of sp³-hybridized carbons (Fsp3) is 0.462. The number of rotatable bonds is 1. The van der Waals surface area contributed by atoms with E-state index in [0.29, 0.717) is 16.2 Å². The second kappa shape index (κ2) is 4.58. The smallest absolute Gasteiger partial charge is 0.136 e. The van der Waals surface area contributed by atoms with Crippen molar-refractivity contribution >= 4 is 21.7 Å². The number of Topliss-reactive ketones (excluding diaryl/α,β-unsaturated/α-hetero) is 1. The zero-order chi connectivity index (χ0) is 11.7. The Bertz CT molecular complexity index is 414. The first-order valence-electron chi connectivity index (χ1n) is 5.60. The zero-order valence-electron chi connectivity index (χ0n) is 9.24. The minimum atomic E-state index is 0.102. The summed E-state index contributed by atoms with van der Waals surface area (Å²) in [5.74, 6) is 1.02. The van der Waals surface area contributed by atoms with Crippen molar-refractivity contribution in [2.45, 2.75) is 32.1 Å². The van der Waals surface area contributed by atoms with Crippen LogP contribution in [0.5, 0.6) is 5.75 Å². The molecular weight excluding hydrogens is 268 g/mol. The lowest BCUT2D eigenvalue weighted by Gasteiger charge is -2.28. The van der Waals surface area contributed by atoms with Gasteiger partial charge in [0.1, 0.15) is 11.5 Å². The number of benzene rings is 1. The lowest BCUT2D eigenvalue weighted by molar-refractivity contribution is -0.124. The van der Waals surface area contributed by atoms with Crippen LogP contribution in [0.2, 0.25) is 0 Å². The number of hydrogen-bond acceptors (Lipinski definition) is 2. The average molecular weight is 283 g/mol. The molecule has 2 nitrogen and oxygen atoms in total. The van der Waals surface area contributed by atoms with E-state index < -0.39 is 0 Å². The summed E-state index contributed by atoms with van der Waals surface area (Å²) in [5.41, 5.74) is 1.14. The molecule has 0 saturated heterocycles. The Hall–Kier alpha value is -0.830. The minimum absolute atomic E-state index is 0.102. The standard InChI is InChI=1S/C13H15BrO2/c1-8-10(3-2-4-12(8)15)9-5-6-13(16)11(14)7-9/h5-8,10,16H,2-4H2,1H3/t8-,10+/m1/s1.